The molecule has 0 aliphatic carbocycles. The highest BCUT2D eigenvalue weighted by molar-refractivity contribution is 7.15. The minimum atomic E-state index is -0.0697. The average Bonchev–Trinajstić information content (AvgIpc) is 3.23. The molecule has 0 unspecified atom stereocenters. The van der Waals surface area contributed by atoms with E-state index >= 15 is 0 Å². The van der Waals surface area contributed by atoms with Crippen molar-refractivity contribution in [2.24, 2.45) is 0 Å². The van der Waals surface area contributed by atoms with E-state index in [-0.39, 0.29) is 11.8 Å². The summed E-state index contributed by atoms with van der Waals surface area (Å²) >= 11 is 1.52. The number of imidazole rings is 1. The van der Waals surface area contributed by atoms with Gasteiger partial charge in [-0.05, 0) is 6.92 Å². The molecule has 0 bridgehead atoms. The van der Waals surface area contributed by atoms with Gasteiger partial charge in [-0.25, -0.2) is 4.98 Å². The smallest absolute Gasteiger partial charge is 0.274 e. The van der Waals surface area contributed by atoms with E-state index in [1.807, 2.05) is 47.2 Å². The number of thiazole rings is 1. The molecule has 3 heterocycles. The molecule has 1 saturated heterocycles. The van der Waals surface area contributed by atoms with Crippen LogP contribution in [-0.4, -0.2) is 57.2 Å². The molecule has 2 aromatic heterocycles. The minimum absolute atomic E-state index is 0.0555. The molecule has 7 heteroatoms. The first-order valence-corrected chi connectivity index (χ1v) is 9.50. The van der Waals surface area contributed by atoms with Crippen molar-refractivity contribution in [2.75, 3.05) is 26.2 Å². The number of rotatable bonds is 2. The van der Waals surface area contributed by atoms with E-state index in [4.69, 9.17) is 0 Å². The number of aromatic nitrogens is 2. The lowest BCUT2D eigenvalue weighted by Gasteiger charge is -2.34. The predicted octanol–water partition coefficient (Wildman–Crippen LogP) is 2.68. The minimum Gasteiger partial charge on any atom is -0.339 e. The first kappa shape index (κ1) is 16.8. The lowest BCUT2D eigenvalue weighted by atomic mass is 10.1. The summed E-state index contributed by atoms with van der Waals surface area (Å²) < 4.78 is 1.98. The third kappa shape index (κ3) is 2.88. The number of carbonyl (C=O) groups excluding carboxylic acids is 2. The first-order valence-electron chi connectivity index (χ1n) is 8.62. The van der Waals surface area contributed by atoms with E-state index in [1.54, 1.807) is 16.7 Å². The third-order valence-corrected chi connectivity index (χ3v) is 5.56. The van der Waals surface area contributed by atoms with Crippen molar-refractivity contribution in [1.82, 2.24) is 19.2 Å². The van der Waals surface area contributed by atoms with Gasteiger partial charge < -0.3 is 9.80 Å². The number of nitrogens with zero attached hydrogens (tertiary/aromatic N) is 4. The molecule has 0 saturated carbocycles. The van der Waals surface area contributed by atoms with Crippen LogP contribution in [0.15, 0.2) is 35.8 Å². The van der Waals surface area contributed by atoms with Crippen LogP contribution in [0.3, 0.4) is 0 Å². The van der Waals surface area contributed by atoms with Crippen LogP contribution in [0, 0.1) is 6.92 Å². The molecule has 1 aliphatic heterocycles. The van der Waals surface area contributed by atoms with Crippen molar-refractivity contribution < 1.29 is 9.59 Å². The normalized spacial score (nSPS) is 14.8. The molecule has 26 heavy (non-hydrogen) atoms. The maximum atomic E-state index is 13.2. The van der Waals surface area contributed by atoms with Crippen molar-refractivity contribution in [1.29, 1.82) is 0 Å². The summed E-state index contributed by atoms with van der Waals surface area (Å²) in [6.45, 7) is 5.83. The fourth-order valence-corrected chi connectivity index (χ4v) is 4.01. The van der Waals surface area contributed by atoms with E-state index < -0.39 is 0 Å². The second kappa shape index (κ2) is 6.57. The predicted molar refractivity (Wildman–Crippen MR) is 101 cm³/mol. The summed E-state index contributed by atoms with van der Waals surface area (Å²) in [4.78, 5) is 33.7. The molecule has 0 spiro atoms. The second-order valence-corrected chi connectivity index (χ2v) is 7.40. The van der Waals surface area contributed by atoms with Gasteiger partial charge in [0.05, 0.1) is 5.69 Å². The molecule has 4 rings (SSSR count). The summed E-state index contributed by atoms with van der Waals surface area (Å²) in [7, 11) is 0. The zero-order valence-electron chi connectivity index (χ0n) is 14.8. The van der Waals surface area contributed by atoms with Gasteiger partial charge in [-0.15, -0.1) is 11.3 Å². The highest BCUT2D eigenvalue weighted by Crippen LogP contribution is 2.29. The van der Waals surface area contributed by atoms with E-state index in [1.165, 1.54) is 16.9 Å². The summed E-state index contributed by atoms with van der Waals surface area (Å²) in [6, 6.07) is 8.14. The average molecular weight is 368 g/mol. The SMILES string of the molecule is CC(=O)N1CCN(C(=O)c2nc3sccn3c2-c2ccc(C)cc2)CC1. The standard InChI is InChI=1S/C19H20N4O2S/c1-13-3-5-15(6-4-13)17-16(20-19-23(17)11-12-26-19)18(25)22-9-7-21(8-10-22)14(2)24/h3-6,11-12H,7-10H2,1-2H3. The molecular formula is C19H20N4O2S. The Bertz CT molecular complexity index is 965. The Morgan fingerprint density at radius 1 is 1.04 bits per heavy atom. The number of benzene rings is 1. The van der Waals surface area contributed by atoms with E-state index in [9.17, 15) is 9.59 Å². The molecule has 0 atom stereocenters. The Morgan fingerprint density at radius 3 is 2.35 bits per heavy atom. The lowest BCUT2D eigenvalue weighted by molar-refractivity contribution is -0.130. The van der Waals surface area contributed by atoms with Gasteiger partial charge in [0.25, 0.3) is 5.91 Å². The Morgan fingerprint density at radius 2 is 1.69 bits per heavy atom. The number of aryl methyl sites for hydroxylation is 1. The second-order valence-electron chi connectivity index (χ2n) is 6.53. The number of carbonyl (C=O) groups is 2. The first-order chi connectivity index (χ1) is 12.5. The zero-order chi connectivity index (χ0) is 18.3. The van der Waals surface area contributed by atoms with E-state index in [0.29, 0.717) is 31.9 Å². The van der Waals surface area contributed by atoms with E-state index in [2.05, 4.69) is 4.98 Å². The maximum Gasteiger partial charge on any atom is 0.274 e. The van der Waals surface area contributed by atoms with Gasteiger partial charge in [0.1, 0.15) is 0 Å². The van der Waals surface area contributed by atoms with Gasteiger partial charge in [0.15, 0.2) is 10.7 Å². The van der Waals surface area contributed by atoms with Crippen LogP contribution in [-0.2, 0) is 4.79 Å². The Labute approximate surface area is 155 Å². The van der Waals surface area contributed by atoms with Crippen molar-refractivity contribution in [3.8, 4) is 11.3 Å². The number of amides is 2. The third-order valence-electron chi connectivity index (χ3n) is 4.80. The summed E-state index contributed by atoms with van der Waals surface area (Å²) in [6.07, 6.45) is 1.95. The molecular weight excluding hydrogens is 348 g/mol. The number of hydrogen-bond donors (Lipinski definition) is 0. The van der Waals surface area contributed by atoms with Crippen molar-refractivity contribution in [3.05, 3.63) is 47.1 Å². The molecule has 1 fully saturated rings. The van der Waals surface area contributed by atoms with E-state index in [0.717, 1.165) is 16.2 Å². The van der Waals surface area contributed by atoms with Gasteiger partial charge in [0, 0.05) is 50.2 Å². The highest BCUT2D eigenvalue weighted by Gasteiger charge is 2.28. The fourth-order valence-electron chi connectivity index (χ4n) is 3.30. The molecule has 6 nitrogen and oxygen atoms in total. The van der Waals surface area contributed by atoms with Crippen molar-refractivity contribution >= 4 is 28.1 Å². The van der Waals surface area contributed by atoms with Crippen LogP contribution in [0.4, 0.5) is 0 Å². The van der Waals surface area contributed by atoms with Crippen LogP contribution in [0.5, 0.6) is 0 Å². The molecule has 1 aliphatic rings. The summed E-state index contributed by atoms with van der Waals surface area (Å²) in [5, 5.41) is 1.97. The van der Waals surface area contributed by atoms with Gasteiger partial charge in [-0.1, -0.05) is 29.8 Å². The highest BCUT2D eigenvalue weighted by atomic mass is 32.1. The Kier molecular flexibility index (Phi) is 4.24. The number of hydrogen-bond acceptors (Lipinski definition) is 4. The van der Waals surface area contributed by atoms with Gasteiger partial charge in [-0.2, -0.15) is 0 Å². The molecule has 0 N–H and O–H groups in total. The monoisotopic (exact) mass is 368 g/mol. The van der Waals surface area contributed by atoms with Crippen LogP contribution < -0.4 is 0 Å². The van der Waals surface area contributed by atoms with Gasteiger partial charge >= 0.3 is 0 Å². The van der Waals surface area contributed by atoms with Crippen molar-refractivity contribution in [3.63, 3.8) is 0 Å². The van der Waals surface area contributed by atoms with Crippen LogP contribution in [0.2, 0.25) is 0 Å². The van der Waals surface area contributed by atoms with Gasteiger partial charge in [0.2, 0.25) is 5.91 Å². The van der Waals surface area contributed by atoms with Crippen LogP contribution in [0.25, 0.3) is 16.2 Å². The molecule has 3 aromatic rings. The zero-order valence-corrected chi connectivity index (χ0v) is 15.6. The molecule has 1 aromatic carbocycles. The topological polar surface area (TPSA) is 57.9 Å². The van der Waals surface area contributed by atoms with Crippen molar-refractivity contribution in [2.45, 2.75) is 13.8 Å². The Hall–Kier alpha value is -2.67. The van der Waals surface area contributed by atoms with Crippen LogP contribution >= 0.6 is 11.3 Å². The Balaban J connectivity index is 1.69. The molecule has 0 radical (unpaired) electrons. The number of piperazine rings is 1. The molecule has 134 valence electrons. The quantitative estimate of drug-likeness (QED) is 0.699. The lowest BCUT2D eigenvalue weighted by Crippen LogP contribution is -2.50. The fraction of sp³-hybridized carbons (Fsp3) is 0.316. The van der Waals surface area contributed by atoms with Crippen LogP contribution in [0.1, 0.15) is 23.0 Å². The summed E-state index contributed by atoms with van der Waals surface area (Å²) in [5.74, 6) is -0.0142. The largest absolute Gasteiger partial charge is 0.339 e. The maximum absolute atomic E-state index is 13.2. The van der Waals surface area contributed by atoms with Gasteiger partial charge in [-0.3, -0.25) is 14.0 Å². The number of fused-ring (bicyclic) bond motifs is 1. The summed E-state index contributed by atoms with van der Waals surface area (Å²) in [5.41, 5.74) is 3.47. The molecule has 2 amide bonds.